The molecule has 158 valence electrons. The second-order valence-corrected chi connectivity index (χ2v) is 7.56. The number of amides is 1. The molecule has 7 nitrogen and oxygen atoms in total. The van der Waals surface area contributed by atoms with Crippen molar-refractivity contribution >= 4 is 17.4 Å². The Morgan fingerprint density at radius 2 is 2.06 bits per heavy atom. The molecule has 0 spiro atoms. The molecule has 0 atom stereocenters. The molecule has 0 unspecified atom stereocenters. The first-order chi connectivity index (χ1) is 15.1. The Hall–Kier alpha value is -3.65. The molecule has 0 aliphatic carbocycles. The number of nitrogens with zero attached hydrogens (tertiary/aromatic N) is 2. The molecule has 0 aliphatic heterocycles. The van der Waals surface area contributed by atoms with E-state index in [1.807, 2.05) is 43.3 Å². The fraction of sp³-hybridized carbons (Fsp3) is 0.174. The van der Waals surface area contributed by atoms with Crippen LogP contribution in [0.4, 0.5) is 0 Å². The Morgan fingerprint density at radius 3 is 2.87 bits per heavy atom. The third-order valence-corrected chi connectivity index (χ3v) is 5.23. The summed E-state index contributed by atoms with van der Waals surface area (Å²) in [5.74, 6) is 2.50. The Bertz CT molecular complexity index is 1170. The van der Waals surface area contributed by atoms with Gasteiger partial charge in [0.15, 0.2) is 5.82 Å². The minimum absolute atomic E-state index is 0.211. The van der Waals surface area contributed by atoms with Gasteiger partial charge in [-0.05, 0) is 54.4 Å². The molecule has 0 bridgehead atoms. The quantitative estimate of drug-likeness (QED) is 0.429. The molecule has 31 heavy (non-hydrogen) atoms. The van der Waals surface area contributed by atoms with Crippen LogP contribution in [0.3, 0.4) is 0 Å². The maximum absolute atomic E-state index is 12.5. The van der Waals surface area contributed by atoms with Crippen molar-refractivity contribution in [2.75, 3.05) is 7.11 Å². The van der Waals surface area contributed by atoms with Crippen LogP contribution in [0.25, 0.3) is 0 Å². The van der Waals surface area contributed by atoms with Crippen LogP contribution >= 0.6 is 11.5 Å². The van der Waals surface area contributed by atoms with Gasteiger partial charge in [-0.15, -0.1) is 0 Å². The largest absolute Gasteiger partial charge is 0.497 e. The van der Waals surface area contributed by atoms with Crippen LogP contribution in [0.15, 0.2) is 65.3 Å². The SMILES string of the molecule is COc1cccc(Cc2nsc(Oc3cc(C(=O)NCc4ccco4)ccc3C)n2)c1. The van der Waals surface area contributed by atoms with E-state index in [-0.39, 0.29) is 5.91 Å². The highest BCUT2D eigenvalue weighted by atomic mass is 32.1. The summed E-state index contributed by atoms with van der Waals surface area (Å²) in [6.45, 7) is 2.23. The lowest BCUT2D eigenvalue weighted by Gasteiger charge is -2.08. The number of hydrogen-bond donors (Lipinski definition) is 1. The zero-order valence-electron chi connectivity index (χ0n) is 17.1. The zero-order valence-corrected chi connectivity index (χ0v) is 17.9. The molecule has 0 radical (unpaired) electrons. The highest BCUT2D eigenvalue weighted by molar-refractivity contribution is 7.07. The minimum atomic E-state index is -0.211. The standard InChI is InChI=1S/C23H21N3O4S/c1-15-8-9-17(22(27)24-14-19-7-4-10-29-19)13-20(15)30-23-25-21(26-31-23)12-16-5-3-6-18(11-16)28-2/h3-11,13H,12,14H2,1-2H3,(H,24,27). The molecule has 2 heterocycles. The summed E-state index contributed by atoms with van der Waals surface area (Å²) in [4.78, 5) is 16.9. The minimum Gasteiger partial charge on any atom is -0.497 e. The van der Waals surface area contributed by atoms with Crippen LogP contribution in [0.5, 0.6) is 16.7 Å². The van der Waals surface area contributed by atoms with Crippen LogP contribution in [0.1, 0.15) is 33.1 Å². The number of ether oxygens (including phenoxy) is 2. The van der Waals surface area contributed by atoms with Crippen molar-refractivity contribution in [1.29, 1.82) is 0 Å². The van der Waals surface area contributed by atoms with E-state index in [4.69, 9.17) is 13.9 Å². The van der Waals surface area contributed by atoms with E-state index in [0.29, 0.717) is 41.1 Å². The van der Waals surface area contributed by atoms with Gasteiger partial charge in [-0.3, -0.25) is 4.79 Å². The van der Waals surface area contributed by atoms with Crippen molar-refractivity contribution < 1.29 is 18.7 Å². The Morgan fingerprint density at radius 1 is 1.16 bits per heavy atom. The molecule has 0 fully saturated rings. The Balaban J connectivity index is 1.43. The van der Waals surface area contributed by atoms with Crippen LogP contribution in [-0.4, -0.2) is 22.4 Å². The molecular formula is C23H21N3O4S. The lowest BCUT2D eigenvalue weighted by molar-refractivity contribution is 0.0947. The predicted molar refractivity (Wildman–Crippen MR) is 117 cm³/mol. The molecule has 1 amide bonds. The number of furan rings is 1. The van der Waals surface area contributed by atoms with E-state index >= 15 is 0 Å². The number of hydrogen-bond acceptors (Lipinski definition) is 7. The van der Waals surface area contributed by atoms with E-state index in [0.717, 1.165) is 16.9 Å². The van der Waals surface area contributed by atoms with Gasteiger partial charge in [0, 0.05) is 23.5 Å². The number of methoxy groups -OCH3 is 1. The summed E-state index contributed by atoms with van der Waals surface area (Å²) in [6, 6.07) is 16.7. The summed E-state index contributed by atoms with van der Waals surface area (Å²) in [5, 5.41) is 3.25. The summed E-state index contributed by atoms with van der Waals surface area (Å²) >= 11 is 1.18. The van der Waals surface area contributed by atoms with Crippen LogP contribution in [0.2, 0.25) is 0 Å². The number of benzene rings is 2. The van der Waals surface area contributed by atoms with Gasteiger partial charge in [-0.25, -0.2) is 0 Å². The first kappa shape index (κ1) is 20.6. The molecule has 0 aliphatic rings. The first-order valence-corrected chi connectivity index (χ1v) is 10.4. The summed E-state index contributed by atoms with van der Waals surface area (Å²) in [7, 11) is 1.64. The van der Waals surface area contributed by atoms with Crippen molar-refractivity contribution in [2.45, 2.75) is 19.9 Å². The number of aryl methyl sites for hydroxylation is 1. The van der Waals surface area contributed by atoms with Gasteiger partial charge in [-0.1, -0.05) is 18.2 Å². The van der Waals surface area contributed by atoms with Gasteiger partial charge >= 0.3 is 0 Å². The Kier molecular flexibility index (Phi) is 6.28. The third-order valence-electron chi connectivity index (χ3n) is 4.60. The van der Waals surface area contributed by atoms with Crippen molar-refractivity contribution in [3.63, 3.8) is 0 Å². The van der Waals surface area contributed by atoms with Gasteiger partial charge in [0.2, 0.25) is 0 Å². The van der Waals surface area contributed by atoms with E-state index in [1.165, 1.54) is 11.5 Å². The van der Waals surface area contributed by atoms with Crippen molar-refractivity contribution in [1.82, 2.24) is 14.7 Å². The van der Waals surface area contributed by atoms with Gasteiger partial charge in [-0.2, -0.15) is 9.36 Å². The van der Waals surface area contributed by atoms with Gasteiger partial charge < -0.3 is 19.2 Å². The summed E-state index contributed by atoms with van der Waals surface area (Å²) < 4.78 is 20.8. The monoisotopic (exact) mass is 435 g/mol. The van der Waals surface area contributed by atoms with Crippen LogP contribution in [-0.2, 0) is 13.0 Å². The number of rotatable bonds is 8. The highest BCUT2D eigenvalue weighted by Gasteiger charge is 2.13. The summed E-state index contributed by atoms with van der Waals surface area (Å²) in [5.41, 5.74) is 2.44. The topological polar surface area (TPSA) is 86.5 Å². The smallest absolute Gasteiger partial charge is 0.298 e. The average molecular weight is 436 g/mol. The maximum Gasteiger partial charge on any atom is 0.298 e. The van der Waals surface area contributed by atoms with E-state index in [2.05, 4.69) is 14.7 Å². The molecule has 2 aromatic heterocycles. The van der Waals surface area contributed by atoms with Gasteiger partial charge in [0.05, 0.1) is 19.9 Å². The van der Waals surface area contributed by atoms with Gasteiger partial charge in [0.1, 0.15) is 17.3 Å². The van der Waals surface area contributed by atoms with Crippen molar-refractivity contribution in [2.24, 2.45) is 0 Å². The molecule has 0 saturated heterocycles. The fourth-order valence-electron chi connectivity index (χ4n) is 2.94. The number of nitrogens with one attached hydrogen (secondary N) is 1. The third kappa shape index (κ3) is 5.29. The number of carbonyl (C=O) groups excluding carboxylic acids is 1. The molecule has 2 aromatic carbocycles. The number of aromatic nitrogens is 2. The number of carbonyl (C=O) groups is 1. The molecule has 0 saturated carbocycles. The van der Waals surface area contributed by atoms with E-state index in [9.17, 15) is 4.79 Å². The molecule has 8 heteroatoms. The second-order valence-electron chi connectivity index (χ2n) is 6.85. The first-order valence-electron chi connectivity index (χ1n) is 9.65. The van der Waals surface area contributed by atoms with Crippen LogP contribution < -0.4 is 14.8 Å². The fourth-order valence-corrected chi connectivity index (χ4v) is 3.51. The second kappa shape index (κ2) is 9.44. The normalized spacial score (nSPS) is 10.6. The average Bonchev–Trinajstić information content (AvgIpc) is 3.46. The van der Waals surface area contributed by atoms with E-state index in [1.54, 1.807) is 31.6 Å². The highest BCUT2D eigenvalue weighted by Crippen LogP contribution is 2.28. The Labute approximate surface area is 183 Å². The molecule has 4 rings (SSSR count). The van der Waals surface area contributed by atoms with Crippen LogP contribution in [0, 0.1) is 6.92 Å². The predicted octanol–water partition coefficient (Wildman–Crippen LogP) is 4.76. The lowest BCUT2D eigenvalue weighted by atomic mass is 10.1. The zero-order chi connectivity index (χ0) is 21.6. The summed E-state index contributed by atoms with van der Waals surface area (Å²) in [6.07, 6.45) is 2.15. The maximum atomic E-state index is 12.5. The lowest BCUT2D eigenvalue weighted by Crippen LogP contribution is -2.22. The van der Waals surface area contributed by atoms with Gasteiger partial charge in [0.25, 0.3) is 11.1 Å². The molecular weight excluding hydrogens is 414 g/mol. The van der Waals surface area contributed by atoms with Crippen molar-refractivity contribution in [3.05, 3.63) is 89.1 Å². The molecule has 4 aromatic rings. The van der Waals surface area contributed by atoms with E-state index < -0.39 is 0 Å². The molecule has 1 N–H and O–H groups in total. The van der Waals surface area contributed by atoms with Crippen molar-refractivity contribution in [3.8, 4) is 16.7 Å².